The smallest absolute Gasteiger partial charge is 0.134 e. The lowest BCUT2D eigenvalue weighted by Gasteiger charge is -2.13. The first kappa shape index (κ1) is 12.6. The van der Waals surface area contributed by atoms with Crippen LogP contribution in [0.25, 0.3) is 0 Å². The van der Waals surface area contributed by atoms with E-state index >= 15 is 0 Å². The predicted octanol–water partition coefficient (Wildman–Crippen LogP) is 2.05. The fourth-order valence-corrected chi connectivity index (χ4v) is 1.85. The third kappa shape index (κ3) is 2.90. The van der Waals surface area contributed by atoms with Crippen molar-refractivity contribution in [2.75, 3.05) is 7.05 Å². The molecule has 2 heterocycles. The van der Waals surface area contributed by atoms with Crippen LogP contribution in [0, 0.1) is 6.92 Å². The van der Waals surface area contributed by atoms with E-state index in [-0.39, 0.29) is 6.04 Å². The molecule has 2 rings (SSSR count). The Kier molecular flexibility index (Phi) is 3.99. The van der Waals surface area contributed by atoms with Crippen molar-refractivity contribution >= 4 is 0 Å². The normalized spacial score (nSPS) is 12.4. The van der Waals surface area contributed by atoms with Gasteiger partial charge in [0.15, 0.2) is 0 Å². The number of rotatable bonds is 4. The number of hydrogen-bond acceptors (Lipinski definition) is 4. The molecule has 0 spiro atoms. The second-order valence-electron chi connectivity index (χ2n) is 4.34. The first-order valence-electron chi connectivity index (χ1n) is 6.10. The van der Waals surface area contributed by atoms with Crippen LogP contribution < -0.4 is 5.32 Å². The number of hydrogen-bond donors (Lipinski definition) is 1. The first-order valence-corrected chi connectivity index (χ1v) is 6.10. The van der Waals surface area contributed by atoms with E-state index in [0.717, 1.165) is 22.8 Å². The SMILES string of the molecule is CNC(C)c1cnc(Cc2ccccn2)nc1C. The Morgan fingerprint density at radius 1 is 1.28 bits per heavy atom. The summed E-state index contributed by atoms with van der Waals surface area (Å²) in [6, 6.07) is 6.15. The van der Waals surface area contributed by atoms with Gasteiger partial charge in [0.2, 0.25) is 0 Å². The van der Waals surface area contributed by atoms with Crippen LogP contribution in [0.15, 0.2) is 30.6 Å². The van der Waals surface area contributed by atoms with Crippen LogP contribution in [0.4, 0.5) is 0 Å². The quantitative estimate of drug-likeness (QED) is 0.891. The lowest BCUT2D eigenvalue weighted by molar-refractivity contribution is 0.638. The molecular formula is C14H18N4. The molecule has 0 aliphatic carbocycles. The van der Waals surface area contributed by atoms with Crippen molar-refractivity contribution in [1.29, 1.82) is 0 Å². The Morgan fingerprint density at radius 3 is 2.72 bits per heavy atom. The zero-order valence-corrected chi connectivity index (χ0v) is 11.0. The van der Waals surface area contributed by atoms with Crippen LogP contribution in [0.1, 0.15) is 35.7 Å². The van der Waals surface area contributed by atoms with Gasteiger partial charge in [0.05, 0.1) is 6.42 Å². The van der Waals surface area contributed by atoms with Crippen molar-refractivity contribution in [3.63, 3.8) is 0 Å². The van der Waals surface area contributed by atoms with Gasteiger partial charge in [0.25, 0.3) is 0 Å². The minimum absolute atomic E-state index is 0.272. The van der Waals surface area contributed by atoms with Gasteiger partial charge in [-0.05, 0) is 33.0 Å². The van der Waals surface area contributed by atoms with Crippen molar-refractivity contribution < 1.29 is 0 Å². The van der Waals surface area contributed by atoms with Crippen LogP contribution in [0.2, 0.25) is 0 Å². The van der Waals surface area contributed by atoms with E-state index in [4.69, 9.17) is 0 Å². The number of aryl methyl sites for hydroxylation is 1. The summed E-state index contributed by atoms with van der Waals surface area (Å²) in [5.74, 6) is 0.818. The van der Waals surface area contributed by atoms with E-state index in [0.29, 0.717) is 6.42 Å². The van der Waals surface area contributed by atoms with Gasteiger partial charge >= 0.3 is 0 Å². The Morgan fingerprint density at radius 2 is 2.11 bits per heavy atom. The maximum Gasteiger partial charge on any atom is 0.134 e. The molecule has 0 saturated heterocycles. The molecule has 0 aliphatic rings. The van der Waals surface area contributed by atoms with E-state index in [1.165, 1.54) is 0 Å². The third-order valence-electron chi connectivity index (χ3n) is 3.03. The molecule has 0 radical (unpaired) electrons. The fourth-order valence-electron chi connectivity index (χ4n) is 1.85. The van der Waals surface area contributed by atoms with Crippen molar-refractivity contribution in [3.05, 3.63) is 53.4 Å². The molecular weight excluding hydrogens is 224 g/mol. The van der Waals surface area contributed by atoms with E-state index in [9.17, 15) is 0 Å². The van der Waals surface area contributed by atoms with Gasteiger partial charge in [-0.15, -0.1) is 0 Å². The summed E-state index contributed by atoms with van der Waals surface area (Å²) in [5, 5.41) is 3.20. The fraction of sp³-hybridized carbons (Fsp3) is 0.357. The average Bonchev–Trinajstić information content (AvgIpc) is 2.39. The molecule has 2 aromatic heterocycles. The molecule has 18 heavy (non-hydrogen) atoms. The Labute approximate surface area is 108 Å². The van der Waals surface area contributed by atoms with E-state index < -0.39 is 0 Å². The number of nitrogens with one attached hydrogen (secondary N) is 1. The number of aromatic nitrogens is 3. The molecule has 94 valence electrons. The summed E-state index contributed by atoms with van der Waals surface area (Å²) in [4.78, 5) is 13.2. The van der Waals surface area contributed by atoms with Gasteiger partial charge in [-0.1, -0.05) is 6.07 Å². The van der Waals surface area contributed by atoms with E-state index in [2.05, 4.69) is 27.2 Å². The molecule has 4 nitrogen and oxygen atoms in total. The van der Waals surface area contributed by atoms with Gasteiger partial charge in [-0.2, -0.15) is 0 Å². The minimum Gasteiger partial charge on any atom is -0.313 e. The van der Waals surface area contributed by atoms with Crippen LogP contribution >= 0.6 is 0 Å². The van der Waals surface area contributed by atoms with Gasteiger partial charge in [0.1, 0.15) is 5.82 Å². The Hall–Kier alpha value is -1.81. The summed E-state index contributed by atoms with van der Waals surface area (Å²) < 4.78 is 0. The maximum absolute atomic E-state index is 4.55. The molecule has 0 bridgehead atoms. The van der Waals surface area contributed by atoms with Gasteiger partial charge in [-0.25, -0.2) is 9.97 Å². The molecule has 0 fully saturated rings. The average molecular weight is 242 g/mol. The summed E-state index contributed by atoms with van der Waals surface area (Å²) in [6.45, 7) is 4.12. The minimum atomic E-state index is 0.272. The molecule has 1 atom stereocenters. The highest BCUT2D eigenvalue weighted by Gasteiger charge is 2.09. The van der Waals surface area contributed by atoms with E-state index in [1.54, 1.807) is 6.20 Å². The molecule has 0 aliphatic heterocycles. The summed E-state index contributed by atoms with van der Waals surface area (Å²) in [5.41, 5.74) is 3.16. The molecule has 0 aromatic carbocycles. The van der Waals surface area contributed by atoms with Crippen molar-refractivity contribution in [2.45, 2.75) is 26.3 Å². The topological polar surface area (TPSA) is 50.7 Å². The van der Waals surface area contributed by atoms with Crippen LogP contribution in [0.3, 0.4) is 0 Å². The Bertz CT molecular complexity index is 510. The number of pyridine rings is 1. The zero-order chi connectivity index (χ0) is 13.0. The first-order chi connectivity index (χ1) is 8.70. The molecule has 0 saturated carbocycles. The van der Waals surface area contributed by atoms with Crippen molar-refractivity contribution in [1.82, 2.24) is 20.3 Å². The predicted molar refractivity (Wildman–Crippen MR) is 71.3 cm³/mol. The molecule has 0 amide bonds. The monoisotopic (exact) mass is 242 g/mol. The lowest BCUT2D eigenvalue weighted by Crippen LogP contribution is -2.15. The van der Waals surface area contributed by atoms with E-state index in [1.807, 2.05) is 38.4 Å². The Balaban J connectivity index is 2.19. The van der Waals surface area contributed by atoms with Crippen molar-refractivity contribution in [3.8, 4) is 0 Å². The third-order valence-corrected chi connectivity index (χ3v) is 3.03. The van der Waals surface area contributed by atoms with Gasteiger partial charge in [0, 0.05) is 35.4 Å². The van der Waals surface area contributed by atoms with Crippen LogP contribution in [-0.2, 0) is 6.42 Å². The molecule has 2 aromatic rings. The zero-order valence-electron chi connectivity index (χ0n) is 11.0. The highest BCUT2D eigenvalue weighted by Crippen LogP contribution is 2.14. The highest BCUT2D eigenvalue weighted by molar-refractivity contribution is 5.21. The lowest BCUT2D eigenvalue weighted by atomic mass is 10.1. The summed E-state index contributed by atoms with van der Waals surface area (Å²) >= 11 is 0. The molecule has 1 N–H and O–H groups in total. The second kappa shape index (κ2) is 5.69. The maximum atomic E-state index is 4.55. The summed E-state index contributed by atoms with van der Waals surface area (Å²) in [7, 11) is 1.94. The van der Waals surface area contributed by atoms with Crippen LogP contribution in [-0.4, -0.2) is 22.0 Å². The second-order valence-corrected chi connectivity index (χ2v) is 4.34. The van der Waals surface area contributed by atoms with Crippen LogP contribution in [0.5, 0.6) is 0 Å². The standard InChI is InChI=1S/C14H18N4/c1-10(15-3)13-9-17-14(18-11(13)2)8-12-6-4-5-7-16-12/h4-7,9-10,15H,8H2,1-3H3. The number of nitrogens with zero attached hydrogens (tertiary/aromatic N) is 3. The molecule has 1 unspecified atom stereocenters. The van der Waals surface area contributed by atoms with Crippen molar-refractivity contribution in [2.24, 2.45) is 0 Å². The van der Waals surface area contributed by atoms with Gasteiger partial charge < -0.3 is 5.32 Å². The van der Waals surface area contributed by atoms with Gasteiger partial charge in [-0.3, -0.25) is 4.98 Å². The highest BCUT2D eigenvalue weighted by atomic mass is 14.9. The summed E-state index contributed by atoms with van der Waals surface area (Å²) in [6.07, 6.45) is 4.37. The largest absolute Gasteiger partial charge is 0.313 e. The molecule has 4 heteroatoms.